The van der Waals surface area contributed by atoms with Crippen LogP contribution in [0.25, 0.3) is 0 Å². The summed E-state index contributed by atoms with van der Waals surface area (Å²) in [4.78, 5) is 60.2. The van der Waals surface area contributed by atoms with Crippen molar-refractivity contribution in [3.05, 3.63) is 0 Å². The van der Waals surface area contributed by atoms with E-state index in [2.05, 4.69) is 0 Å². The third-order valence-corrected chi connectivity index (χ3v) is 1.49. The molecular formula is C15H25O7Zr. The van der Waals surface area contributed by atoms with E-state index in [0.29, 0.717) is 25.2 Å². The quantitative estimate of drug-likeness (QED) is 0.653. The number of rotatable bonds is 6. The Bertz CT molecular complexity index is 316. The molecule has 7 nitrogen and oxygen atoms in total. The van der Waals surface area contributed by atoms with Gasteiger partial charge >= 0.3 is 28.3 Å². The third kappa shape index (κ3) is 62.9. The molecule has 0 aromatic carbocycles. The van der Waals surface area contributed by atoms with Crippen LogP contribution in [0.4, 0.5) is 0 Å². The number of Topliss-reactive ketones (excluding diaryl/α,β-unsaturated/α-hetero) is 6. The van der Waals surface area contributed by atoms with Crippen LogP contribution in [-0.2, 0) is 53.9 Å². The monoisotopic (exact) mass is 407 g/mol. The first kappa shape index (κ1) is 29.8. The van der Waals surface area contributed by atoms with Gasteiger partial charge in [-0.25, -0.2) is 0 Å². The second-order valence-electron chi connectivity index (χ2n) is 4.74. The number of ketones is 6. The molecule has 0 fully saturated rings. The number of carbonyl (C=O) groups excluding carboxylic acids is 6. The summed E-state index contributed by atoms with van der Waals surface area (Å²) in [7, 11) is 0. The van der Waals surface area contributed by atoms with Crippen molar-refractivity contribution in [2.45, 2.75) is 60.8 Å². The molecule has 0 aromatic heterocycles. The van der Waals surface area contributed by atoms with Gasteiger partial charge in [-0.2, -0.15) is 0 Å². The topological polar surface area (TPSA) is 123 Å². The van der Waals surface area contributed by atoms with E-state index < -0.39 is 0 Å². The van der Waals surface area contributed by atoms with Gasteiger partial charge in [0.2, 0.25) is 0 Å². The maximum atomic E-state index is 10.0. The second-order valence-corrected chi connectivity index (χ2v) is 4.74. The van der Waals surface area contributed by atoms with Crippen LogP contribution >= 0.6 is 0 Å². The molecule has 0 saturated carbocycles. The molecular weight excluding hydrogens is 383 g/mol. The van der Waals surface area contributed by atoms with Gasteiger partial charge in [-0.15, -0.1) is 0 Å². The number of hydrogen-bond acceptors (Lipinski definition) is 7. The van der Waals surface area contributed by atoms with Gasteiger partial charge < -0.3 is 0 Å². The van der Waals surface area contributed by atoms with Crippen LogP contribution in [0.1, 0.15) is 60.8 Å². The molecule has 0 spiro atoms. The van der Waals surface area contributed by atoms with Gasteiger partial charge in [0.15, 0.2) is 0 Å². The van der Waals surface area contributed by atoms with E-state index >= 15 is 0 Å². The van der Waals surface area contributed by atoms with Crippen molar-refractivity contribution >= 4 is 34.7 Å². The maximum absolute atomic E-state index is 10.0. The molecule has 0 aliphatic rings. The molecule has 131 valence electrons. The Morgan fingerprint density at radius 2 is 0.565 bits per heavy atom. The fraction of sp³-hybridized carbons (Fsp3) is 0.600. The van der Waals surface area contributed by atoms with E-state index in [1.807, 2.05) is 0 Å². The van der Waals surface area contributed by atoms with Crippen molar-refractivity contribution in [2.75, 3.05) is 0 Å². The Morgan fingerprint density at radius 1 is 0.478 bits per heavy atom. The molecule has 23 heavy (non-hydrogen) atoms. The van der Waals surface area contributed by atoms with E-state index in [1.165, 1.54) is 41.5 Å². The van der Waals surface area contributed by atoms with Crippen molar-refractivity contribution in [3.63, 3.8) is 0 Å². The Labute approximate surface area is 152 Å². The molecule has 0 aliphatic carbocycles. The normalized spacial score (nSPS) is 7.74. The van der Waals surface area contributed by atoms with Crippen LogP contribution in [0.2, 0.25) is 0 Å². The summed E-state index contributed by atoms with van der Waals surface area (Å²) in [5.74, 6) is -0.375. The summed E-state index contributed by atoms with van der Waals surface area (Å²) in [6.45, 7) is 8.42. The standard InChI is InChI=1S/3C5H8O2.H2O.Zr/c3*1-4(6)3-5(2)7;;/h3*3H2,1-2H3;1H2;/q;;;;+1/p-1. The number of hydrogen-bond donors (Lipinski definition) is 1. The molecule has 8 heteroatoms. The predicted octanol–water partition coefficient (Wildman–Crippen LogP) is 1.10. The minimum atomic E-state index is -0.0625. The molecule has 0 bridgehead atoms. The van der Waals surface area contributed by atoms with Crippen molar-refractivity contribution in [3.8, 4) is 0 Å². The molecule has 0 rings (SSSR count). The first-order valence-electron chi connectivity index (χ1n) is 6.57. The average Bonchev–Trinajstić information content (AvgIpc) is 2.26. The zero-order chi connectivity index (χ0) is 19.6. The second kappa shape index (κ2) is 20.9. The zero-order valence-electron chi connectivity index (χ0n) is 14.5. The first-order chi connectivity index (χ1) is 10.4. The fourth-order valence-electron chi connectivity index (χ4n) is 1.05. The Balaban J connectivity index is -0.000000111. The van der Waals surface area contributed by atoms with E-state index in [1.54, 1.807) is 0 Å². The van der Waals surface area contributed by atoms with Crippen LogP contribution in [0.5, 0.6) is 0 Å². The van der Waals surface area contributed by atoms with Gasteiger partial charge in [0, 0.05) is 0 Å². The van der Waals surface area contributed by atoms with Crippen molar-refractivity contribution in [2.24, 2.45) is 0 Å². The molecule has 0 aliphatic heterocycles. The van der Waals surface area contributed by atoms with Crippen LogP contribution < -0.4 is 0 Å². The van der Waals surface area contributed by atoms with Gasteiger partial charge in [0.1, 0.15) is 34.7 Å². The van der Waals surface area contributed by atoms with Crippen LogP contribution in [0.15, 0.2) is 0 Å². The van der Waals surface area contributed by atoms with Crippen molar-refractivity contribution < 1.29 is 57.1 Å². The Morgan fingerprint density at radius 3 is 0.565 bits per heavy atom. The van der Waals surface area contributed by atoms with Crippen molar-refractivity contribution in [1.82, 2.24) is 0 Å². The van der Waals surface area contributed by atoms with Crippen molar-refractivity contribution in [1.29, 1.82) is 0 Å². The molecule has 0 heterocycles. The summed E-state index contributed by atoms with van der Waals surface area (Å²) < 4.78 is 7.09. The summed E-state index contributed by atoms with van der Waals surface area (Å²) in [5.41, 5.74) is 0. The van der Waals surface area contributed by atoms with Gasteiger partial charge in [0.25, 0.3) is 0 Å². The summed E-state index contributed by atoms with van der Waals surface area (Å²) >= 11 is 0.550. The molecule has 1 N–H and O–H groups in total. The third-order valence-electron chi connectivity index (χ3n) is 1.49. The molecule has 0 atom stereocenters. The minimum absolute atomic E-state index is 0.0625. The zero-order valence-corrected chi connectivity index (χ0v) is 17.0. The molecule has 0 aromatic rings. The molecule has 0 unspecified atom stereocenters. The van der Waals surface area contributed by atoms with Gasteiger partial charge in [-0.05, 0) is 41.5 Å². The average molecular weight is 409 g/mol. The van der Waals surface area contributed by atoms with Gasteiger partial charge in [-0.1, -0.05) is 0 Å². The molecule has 0 amide bonds. The van der Waals surface area contributed by atoms with E-state index in [-0.39, 0.29) is 54.0 Å². The van der Waals surface area contributed by atoms with Crippen LogP contribution in [0, 0.1) is 0 Å². The van der Waals surface area contributed by atoms with Crippen LogP contribution in [0.3, 0.4) is 0 Å². The number of carbonyl (C=O) groups is 6. The summed E-state index contributed by atoms with van der Waals surface area (Å²) in [5, 5.41) is 0. The Kier molecular flexibility index (Phi) is 27.1. The SMILES string of the molecule is CC(=O)CC(C)=O.CC(=O)CC(C)=O.CC(=O)CC(C)=O.[OH][Zr]. The van der Waals surface area contributed by atoms with E-state index in [9.17, 15) is 28.8 Å². The molecule has 0 radical (unpaired) electrons. The predicted molar refractivity (Wildman–Crippen MR) is 80.2 cm³/mol. The van der Waals surface area contributed by atoms with E-state index in [4.69, 9.17) is 3.18 Å². The van der Waals surface area contributed by atoms with Gasteiger partial charge in [0.05, 0.1) is 19.3 Å². The summed E-state index contributed by atoms with van der Waals surface area (Å²) in [6, 6.07) is 0. The van der Waals surface area contributed by atoms with Gasteiger partial charge in [-0.3, -0.25) is 28.8 Å². The van der Waals surface area contributed by atoms with E-state index in [0.717, 1.165) is 0 Å². The van der Waals surface area contributed by atoms with Crippen LogP contribution in [-0.4, -0.2) is 37.9 Å². The molecule has 0 saturated heterocycles. The Hall–Kier alpha value is -1.14. The first-order valence-corrected chi connectivity index (χ1v) is 7.67. The fourth-order valence-corrected chi connectivity index (χ4v) is 1.05. The summed E-state index contributed by atoms with van der Waals surface area (Å²) in [6.07, 6.45) is 0.250.